The van der Waals surface area contributed by atoms with Gasteiger partial charge in [-0.2, -0.15) is 0 Å². The topological polar surface area (TPSA) is 175 Å². The van der Waals surface area contributed by atoms with E-state index >= 15 is 0 Å². The summed E-state index contributed by atoms with van der Waals surface area (Å²) in [5, 5.41) is 54.2. The van der Waals surface area contributed by atoms with Gasteiger partial charge >= 0.3 is 5.97 Å². The Morgan fingerprint density at radius 1 is 0.536 bits per heavy atom. The molecule has 6 N–H and O–H groups in total. The summed E-state index contributed by atoms with van der Waals surface area (Å²) >= 11 is 0. The summed E-state index contributed by atoms with van der Waals surface area (Å²) in [5.74, 6) is -0.246. The number of aliphatic hydroxyl groups excluding tert-OH is 5. The number of hydrogen-bond acceptors (Lipinski definition) is 10. The van der Waals surface area contributed by atoms with Crippen molar-refractivity contribution in [2.75, 3.05) is 19.8 Å². The highest BCUT2D eigenvalue weighted by Crippen LogP contribution is 2.23. The minimum absolute atomic E-state index is 0.0410. The number of carbonyl (C=O) groups excluding carboxylic acids is 2. The molecule has 0 aromatic carbocycles. The van der Waals surface area contributed by atoms with Crippen molar-refractivity contribution >= 4 is 11.9 Å². The summed E-state index contributed by atoms with van der Waals surface area (Å²) in [7, 11) is 0. The molecule has 7 atom stereocenters. The highest BCUT2D eigenvalue weighted by molar-refractivity contribution is 5.76. The third-order valence-electron chi connectivity index (χ3n) is 12.9. The number of rotatable bonds is 47. The lowest BCUT2D eigenvalue weighted by Gasteiger charge is -2.40. The van der Waals surface area contributed by atoms with E-state index in [-0.39, 0.29) is 18.5 Å². The maximum absolute atomic E-state index is 13.0. The molecule has 1 saturated heterocycles. The van der Waals surface area contributed by atoms with Crippen LogP contribution in [0, 0.1) is 0 Å². The second kappa shape index (κ2) is 47.7. The average molecular weight is 974 g/mol. The molecule has 11 nitrogen and oxygen atoms in total. The van der Waals surface area contributed by atoms with Crippen molar-refractivity contribution in [1.29, 1.82) is 0 Å². The predicted octanol–water partition coefficient (Wildman–Crippen LogP) is 12.3. The van der Waals surface area contributed by atoms with Crippen LogP contribution < -0.4 is 5.32 Å². The van der Waals surface area contributed by atoms with Crippen LogP contribution in [0.5, 0.6) is 0 Å². The molecule has 0 aromatic heterocycles. The van der Waals surface area contributed by atoms with E-state index in [4.69, 9.17) is 14.2 Å². The number of amides is 1. The molecule has 69 heavy (non-hydrogen) atoms. The van der Waals surface area contributed by atoms with E-state index in [2.05, 4.69) is 67.8 Å². The van der Waals surface area contributed by atoms with Crippen LogP contribution in [0.15, 0.2) is 60.8 Å². The molecule has 0 aromatic rings. The van der Waals surface area contributed by atoms with E-state index < -0.39 is 49.5 Å². The van der Waals surface area contributed by atoms with Gasteiger partial charge in [0, 0.05) is 12.8 Å². The third kappa shape index (κ3) is 37.8. The Kier molecular flexibility index (Phi) is 44.5. The van der Waals surface area contributed by atoms with Crippen LogP contribution in [0.25, 0.3) is 0 Å². The van der Waals surface area contributed by atoms with Gasteiger partial charge < -0.3 is 45.1 Å². The number of aliphatic hydroxyl groups is 5. The summed E-state index contributed by atoms with van der Waals surface area (Å²) in [6.45, 7) is 4.20. The number of ether oxygens (including phenoxy) is 3. The zero-order valence-corrected chi connectivity index (χ0v) is 43.8. The number of allylic oxidation sites excluding steroid dienone is 9. The maximum Gasteiger partial charge on any atom is 0.305 e. The molecule has 1 aliphatic rings. The van der Waals surface area contributed by atoms with Crippen LogP contribution >= 0.6 is 0 Å². The first kappa shape index (κ1) is 64.4. The standard InChI is InChI=1S/C58H103NO10/c1-3-5-7-9-11-13-24-28-32-36-40-44-51(61)50(49-68-58-57(66)56(65)55(64)52(48-60)69-58)59-53(62)45-41-37-33-29-26-22-20-18-16-15-17-19-21-23-27-31-35-39-43-47-67-54(63)46-42-38-34-30-25-14-12-10-8-6-4-2/h10,12,19,21,23-24,27-28,40,44,50-52,55-58,60-61,64-66H,3-9,11,13-18,20,22,25-26,29-39,41-43,45-49H2,1-2H3,(H,59,62)/b12-10-,21-19-,27-23-,28-24+,44-40+. The fourth-order valence-electron chi connectivity index (χ4n) is 8.30. The molecular formula is C58H103NO10. The SMILES string of the molecule is CCCC/C=C\CCCCCCCC(=O)OCCCCC/C=C\C=C/CCCCCCCCCCCCC(=O)NC(COC1OC(CO)C(O)C(O)C1O)C(O)/C=C/CC/C=C/CCCCCCC. The van der Waals surface area contributed by atoms with Crippen LogP contribution in [0.4, 0.5) is 0 Å². The summed E-state index contributed by atoms with van der Waals surface area (Å²) in [6.07, 6.45) is 50.3. The van der Waals surface area contributed by atoms with Gasteiger partial charge in [-0.1, -0.05) is 184 Å². The minimum atomic E-state index is -1.58. The van der Waals surface area contributed by atoms with Gasteiger partial charge in [0.15, 0.2) is 6.29 Å². The third-order valence-corrected chi connectivity index (χ3v) is 12.9. The predicted molar refractivity (Wildman–Crippen MR) is 283 cm³/mol. The second-order valence-corrected chi connectivity index (χ2v) is 19.3. The molecule has 1 amide bonds. The fourth-order valence-corrected chi connectivity index (χ4v) is 8.30. The Bertz CT molecular complexity index is 1330. The van der Waals surface area contributed by atoms with Crippen LogP contribution in [-0.4, -0.2) is 100 Å². The lowest BCUT2D eigenvalue weighted by Crippen LogP contribution is -2.60. The van der Waals surface area contributed by atoms with Crippen LogP contribution in [0.2, 0.25) is 0 Å². The molecule has 1 rings (SSSR count). The Balaban J connectivity index is 2.13. The second-order valence-electron chi connectivity index (χ2n) is 19.3. The van der Waals surface area contributed by atoms with Crippen LogP contribution in [0.1, 0.15) is 232 Å². The van der Waals surface area contributed by atoms with Crippen LogP contribution in [0.3, 0.4) is 0 Å². The first-order valence-corrected chi connectivity index (χ1v) is 28.1. The fraction of sp³-hybridized carbons (Fsp3) is 0.793. The molecule has 0 aliphatic carbocycles. The van der Waals surface area contributed by atoms with Crippen molar-refractivity contribution in [3.63, 3.8) is 0 Å². The lowest BCUT2D eigenvalue weighted by atomic mass is 9.99. The molecule has 0 radical (unpaired) electrons. The van der Waals surface area contributed by atoms with E-state index in [0.717, 1.165) is 89.9 Å². The lowest BCUT2D eigenvalue weighted by molar-refractivity contribution is -0.302. The monoisotopic (exact) mass is 974 g/mol. The van der Waals surface area contributed by atoms with E-state index in [0.29, 0.717) is 19.4 Å². The molecule has 1 aliphatic heterocycles. The molecule has 7 unspecified atom stereocenters. The van der Waals surface area contributed by atoms with Gasteiger partial charge in [-0.15, -0.1) is 0 Å². The summed E-state index contributed by atoms with van der Waals surface area (Å²) < 4.78 is 16.6. The van der Waals surface area contributed by atoms with Gasteiger partial charge in [0.25, 0.3) is 0 Å². The zero-order chi connectivity index (χ0) is 50.3. The first-order chi connectivity index (χ1) is 33.7. The van der Waals surface area contributed by atoms with Gasteiger partial charge in [-0.25, -0.2) is 0 Å². The molecule has 0 spiro atoms. The Morgan fingerprint density at radius 2 is 1.00 bits per heavy atom. The Morgan fingerprint density at radius 3 is 1.57 bits per heavy atom. The maximum atomic E-state index is 13.0. The van der Waals surface area contributed by atoms with Crippen molar-refractivity contribution in [2.45, 2.75) is 275 Å². The van der Waals surface area contributed by atoms with Gasteiger partial charge in [0.2, 0.25) is 5.91 Å². The Labute approximate surface area is 420 Å². The van der Waals surface area contributed by atoms with E-state index in [1.54, 1.807) is 6.08 Å². The first-order valence-electron chi connectivity index (χ1n) is 28.1. The van der Waals surface area contributed by atoms with Crippen molar-refractivity contribution in [1.82, 2.24) is 5.32 Å². The minimum Gasteiger partial charge on any atom is -0.466 e. The highest BCUT2D eigenvalue weighted by Gasteiger charge is 2.44. The number of carbonyl (C=O) groups is 2. The number of hydrogen-bond donors (Lipinski definition) is 6. The van der Waals surface area contributed by atoms with E-state index in [9.17, 15) is 35.1 Å². The smallest absolute Gasteiger partial charge is 0.305 e. The van der Waals surface area contributed by atoms with Crippen molar-refractivity contribution < 1.29 is 49.3 Å². The quantitative estimate of drug-likeness (QED) is 0.0149. The van der Waals surface area contributed by atoms with E-state index in [1.807, 2.05) is 6.08 Å². The number of esters is 1. The molecule has 11 heteroatoms. The van der Waals surface area contributed by atoms with Gasteiger partial charge in [0.05, 0.1) is 32.0 Å². The van der Waals surface area contributed by atoms with Gasteiger partial charge in [-0.3, -0.25) is 9.59 Å². The highest BCUT2D eigenvalue weighted by atomic mass is 16.7. The van der Waals surface area contributed by atoms with Crippen molar-refractivity contribution in [3.05, 3.63) is 60.8 Å². The summed E-state index contributed by atoms with van der Waals surface area (Å²) in [5.41, 5.74) is 0. The Hall–Kier alpha value is -2.64. The van der Waals surface area contributed by atoms with E-state index in [1.165, 1.54) is 116 Å². The van der Waals surface area contributed by atoms with Crippen molar-refractivity contribution in [3.8, 4) is 0 Å². The molecule has 0 saturated carbocycles. The van der Waals surface area contributed by atoms with Gasteiger partial charge in [-0.05, 0) is 96.3 Å². The molecule has 1 fully saturated rings. The molecule has 400 valence electrons. The normalized spacial score (nSPS) is 19.8. The zero-order valence-electron chi connectivity index (χ0n) is 43.8. The number of nitrogens with one attached hydrogen (secondary N) is 1. The summed E-state index contributed by atoms with van der Waals surface area (Å²) in [6, 6.07) is -0.835. The molecule has 0 bridgehead atoms. The van der Waals surface area contributed by atoms with Gasteiger partial charge in [0.1, 0.15) is 24.4 Å². The summed E-state index contributed by atoms with van der Waals surface area (Å²) in [4.78, 5) is 25.0. The number of unbranched alkanes of at least 4 members (excludes halogenated alkanes) is 26. The van der Waals surface area contributed by atoms with Crippen molar-refractivity contribution in [2.24, 2.45) is 0 Å². The molecular weight excluding hydrogens is 871 g/mol. The molecule has 1 heterocycles. The largest absolute Gasteiger partial charge is 0.466 e. The average Bonchev–Trinajstić information content (AvgIpc) is 3.34. The van der Waals surface area contributed by atoms with Crippen LogP contribution in [-0.2, 0) is 23.8 Å².